The molecule has 0 fully saturated rings. The second-order valence-corrected chi connectivity index (χ2v) is 3.43. The molecule has 16 heavy (non-hydrogen) atoms. The van der Waals surface area contributed by atoms with Crippen molar-refractivity contribution in [1.82, 2.24) is 5.32 Å². The van der Waals surface area contributed by atoms with Gasteiger partial charge in [0.2, 0.25) is 0 Å². The highest BCUT2D eigenvalue weighted by Gasteiger charge is 2.02. The summed E-state index contributed by atoms with van der Waals surface area (Å²) in [6, 6.07) is 9.29. The molecule has 0 aromatic heterocycles. The number of benzene rings is 1. The first-order valence-corrected chi connectivity index (χ1v) is 5.27. The molecular formula is C13H16N2O. The van der Waals surface area contributed by atoms with Gasteiger partial charge in [0.1, 0.15) is 18.4 Å². The zero-order valence-corrected chi connectivity index (χ0v) is 9.49. The van der Waals surface area contributed by atoms with Gasteiger partial charge in [-0.3, -0.25) is 0 Å². The summed E-state index contributed by atoms with van der Waals surface area (Å²) in [4.78, 5) is 0. The monoisotopic (exact) mass is 216 g/mol. The van der Waals surface area contributed by atoms with Crippen LogP contribution in [0, 0.1) is 11.3 Å². The SMILES string of the molecule is C=C(CNCC)COc1ccccc1C#N. The summed E-state index contributed by atoms with van der Waals surface area (Å²) in [7, 11) is 0. The molecule has 0 amide bonds. The van der Waals surface area contributed by atoms with Crippen LogP contribution in [0.2, 0.25) is 0 Å². The topological polar surface area (TPSA) is 45.0 Å². The average molecular weight is 216 g/mol. The summed E-state index contributed by atoms with van der Waals surface area (Å²) in [6.07, 6.45) is 0. The molecule has 3 heteroatoms. The van der Waals surface area contributed by atoms with Crippen LogP contribution in [0.3, 0.4) is 0 Å². The van der Waals surface area contributed by atoms with Crippen molar-refractivity contribution in [1.29, 1.82) is 5.26 Å². The van der Waals surface area contributed by atoms with Gasteiger partial charge in [-0.15, -0.1) is 0 Å². The van der Waals surface area contributed by atoms with Crippen LogP contribution in [0.4, 0.5) is 0 Å². The van der Waals surface area contributed by atoms with Crippen molar-refractivity contribution in [2.24, 2.45) is 0 Å². The van der Waals surface area contributed by atoms with Crippen LogP contribution < -0.4 is 10.1 Å². The first kappa shape index (κ1) is 12.3. The van der Waals surface area contributed by atoms with Crippen molar-refractivity contribution in [2.45, 2.75) is 6.92 Å². The van der Waals surface area contributed by atoms with Gasteiger partial charge in [-0.25, -0.2) is 0 Å². The summed E-state index contributed by atoms with van der Waals surface area (Å²) in [5.41, 5.74) is 1.52. The van der Waals surface area contributed by atoms with Gasteiger partial charge in [0.15, 0.2) is 0 Å². The lowest BCUT2D eigenvalue weighted by atomic mass is 10.2. The van der Waals surface area contributed by atoms with Gasteiger partial charge in [0.05, 0.1) is 5.56 Å². The zero-order valence-electron chi connectivity index (χ0n) is 9.49. The second kappa shape index (κ2) is 6.65. The number of hydrogen-bond acceptors (Lipinski definition) is 3. The first-order valence-electron chi connectivity index (χ1n) is 5.27. The molecule has 0 saturated heterocycles. The van der Waals surface area contributed by atoms with E-state index in [4.69, 9.17) is 10.00 Å². The Hall–Kier alpha value is -1.79. The molecule has 1 N–H and O–H groups in total. The van der Waals surface area contributed by atoms with Crippen molar-refractivity contribution in [3.8, 4) is 11.8 Å². The maximum absolute atomic E-state index is 8.86. The minimum Gasteiger partial charge on any atom is -0.488 e. The van der Waals surface area contributed by atoms with Crippen molar-refractivity contribution in [3.63, 3.8) is 0 Å². The lowest BCUT2D eigenvalue weighted by molar-refractivity contribution is 0.347. The van der Waals surface area contributed by atoms with Crippen molar-refractivity contribution in [3.05, 3.63) is 42.0 Å². The molecule has 0 unspecified atom stereocenters. The molecule has 0 radical (unpaired) electrons. The number of ether oxygens (including phenoxy) is 1. The maximum Gasteiger partial charge on any atom is 0.137 e. The minimum absolute atomic E-state index is 0.436. The lowest BCUT2D eigenvalue weighted by Gasteiger charge is -2.09. The van der Waals surface area contributed by atoms with Gasteiger partial charge >= 0.3 is 0 Å². The fourth-order valence-electron chi connectivity index (χ4n) is 1.22. The van der Waals surface area contributed by atoms with E-state index >= 15 is 0 Å². The number of para-hydroxylation sites is 1. The molecule has 3 nitrogen and oxygen atoms in total. The highest BCUT2D eigenvalue weighted by molar-refractivity contribution is 5.42. The van der Waals surface area contributed by atoms with Crippen LogP contribution in [0.5, 0.6) is 5.75 Å². The van der Waals surface area contributed by atoms with E-state index in [0.29, 0.717) is 17.9 Å². The molecule has 1 rings (SSSR count). The number of likely N-dealkylation sites (N-methyl/N-ethyl adjacent to an activating group) is 1. The Morgan fingerprint density at radius 2 is 2.25 bits per heavy atom. The summed E-state index contributed by atoms with van der Waals surface area (Å²) in [5.74, 6) is 0.614. The lowest BCUT2D eigenvalue weighted by Crippen LogP contribution is -2.18. The Balaban J connectivity index is 2.48. The average Bonchev–Trinajstić information content (AvgIpc) is 2.34. The van der Waals surface area contributed by atoms with E-state index in [-0.39, 0.29) is 0 Å². The Bertz CT molecular complexity index is 393. The van der Waals surface area contributed by atoms with Gasteiger partial charge in [-0.1, -0.05) is 25.6 Å². The number of nitriles is 1. The molecule has 1 aromatic rings. The second-order valence-electron chi connectivity index (χ2n) is 3.43. The van der Waals surface area contributed by atoms with E-state index in [1.165, 1.54) is 0 Å². The predicted molar refractivity (Wildman–Crippen MR) is 64.3 cm³/mol. The largest absolute Gasteiger partial charge is 0.488 e. The van der Waals surface area contributed by atoms with E-state index in [2.05, 4.69) is 18.0 Å². The third-order valence-electron chi connectivity index (χ3n) is 2.06. The molecule has 0 spiro atoms. The number of hydrogen-bond donors (Lipinski definition) is 1. The van der Waals surface area contributed by atoms with Gasteiger partial charge in [-0.05, 0) is 24.3 Å². The Morgan fingerprint density at radius 3 is 2.94 bits per heavy atom. The van der Waals surface area contributed by atoms with Crippen LogP contribution in [0.1, 0.15) is 12.5 Å². The highest BCUT2D eigenvalue weighted by Crippen LogP contribution is 2.16. The molecule has 0 aliphatic heterocycles. The Labute approximate surface area is 96.4 Å². The quantitative estimate of drug-likeness (QED) is 0.741. The van der Waals surface area contributed by atoms with Crippen molar-refractivity contribution >= 4 is 0 Å². The maximum atomic E-state index is 8.86. The van der Waals surface area contributed by atoms with Crippen LogP contribution in [-0.4, -0.2) is 19.7 Å². The summed E-state index contributed by atoms with van der Waals surface area (Å²) in [5, 5.41) is 12.0. The highest BCUT2D eigenvalue weighted by atomic mass is 16.5. The molecule has 0 atom stereocenters. The van der Waals surface area contributed by atoms with Gasteiger partial charge in [-0.2, -0.15) is 5.26 Å². The standard InChI is InChI=1S/C13H16N2O/c1-3-15-9-11(2)10-16-13-7-5-4-6-12(13)8-14/h4-7,15H,2-3,9-10H2,1H3. The summed E-state index contributed by atoms with van der Waals surface area (Å²) >= 11 is 0. The third-order valence-corrected chi connectivity index (χ3v) is 2.06. The molecule has 0 aliphatic carbocycles. The smallest absolute Gasteiger partial charge is 0.137 e. The zero-order chi connectivity index (χ0) is 11.8. The van der Waals surface area contributed by atoms with Crippen molar-refractivity contribution < 1.29 is 4.74 Å². The Kier molecular flexibility index (Phi) is 5.10. The van der Waals surface area contributed by atoms with Crippen LogP contribution in [-0.2, 0) is 0 Å². The number of rotatable bonds is 6. The molecule has 0 heterocycles. The van der Waals surface area contributed by atoms with Gasteiger partial charge < -0.3 is 10.1 Å². The molecular weight excluding hydrogens is 200 g/mol. The predicted octanol–water partition coefficient (Wildman–Crippen LogP) is 2.10. The van der Waals surface area contributed by atoms with E-state index in [9.17, 15) is 0 Å². The van der Waals surface area contributed by atoms with Gasteiger partial charge in [0, 0.05) is 6.54 Å². The molecule has 1 aromatic carbocycles. The normalized spacial score (nSPS) is 9.50. The molecule has 0 saturated carbocycles. The number of nitrogens with zero attached hydrogens (tertiary/aromatic N) is 1. The summed E-state index contributed by atoms with van der Waals surface area (Å²) < 4.78 is 5.52. The fraction of sp³-hybridized carbons (Fsp3) is 0.308. The van der Waals surface area contributed by atoms with Crippen molar-refractivity contribution in [2.75, 3.05) is 19.7 Å². The van der Waals surface area contributed by atoms with Crippen LogP contribution in [0.25, 0.3) is 0 Å². The molecule has 0 aliphatic rings. The Morgan fingerprint density at radius 1 is 1.50 bits per heavy atom. The van der Waals surface area contributed by atoms with E-state index in [0.717, 1.165) is 18.7 Å². The summed E-state index contributed by atoms with van der Waals surface area (Å²) in [6.45, 7) is 8.02. The first-order chi connectivity index (χ1) is 7.77. The van der Waals surface area contributed by atoms with Crippen LogP contribution in [0.15, 0.2) is 36.4 Å². The van der Waals surface area contributed by atoms with Crippen LogP contribution >= 0.6 is 0 Å². The van der Waals surface area contributed by atoms with Gasteiger partial charge in [0.25, 0.3) is 0 Å². The molecule has 84 valence electrons. The fourth-order valence-corrected chi connectivity index (χ4v) is 1.22. The third kappa shape index (κ3) is 3.76. The minimum atomic E-state index is 0.436. The van der Waals surface area contributed by atoms with E-state index < -0.39 is 0 Å². The van der Waals surface area contributed by atoms with E-state index in [1.54, 1.807) is 12.1 Å². The van der Waals surface area contributed by atoms with E-state index in [1.807, 2.05) is 19.1 Å². The molecule has 0 bridgehead atoms. The number of nitrogens with one attached hydrogen (secondary N) is 1.